The second-order valence-corrected chi connectivity index (χ2v) is 4.02. The van der Waals surface area contributed by atoms with Gasteiger partial charge in [0.05, 0.1) is 0 Å². The molecule has 3 nitrogen and oxygen atoms in total. The Morgan fingerprint density at radius 2 is 1.67 bits per heavy atom. The van der Waals surface area contributed by atoms with Crippen molar-refractivity contribution in [2.45, 2.75) is 57.6 Å². The van der Waals surface area contributed by atoms with Gasteiger partial charge in [-0.1, -0.05) is 39.5 Å². The molecule has 0 rings (SSSR count). The van der Waals surface area contributed by atoms with E-state index in [-0.39, 0.29) is 0 Å². The lowest BCUT2D eigenvalue weighted by Gasteiger charge is -2.07. The van der Waals surface area contributed by atoms with E-state index in [9.17, 15) is 0 Å². The van der Waals surface area contributed by atoms with Crippen LogP contribution in [-0.2, 0) is 0 Å². The van der Waals surface area contributed by atoms with Gasteiger partial charge in [-0.15, -0.1) is 0 Å². The smallest absolute Gasteiger partial charge is 0.190 e. The predicted molar refractivity (Wildman–Crippen MR) is 66.2 cm³/mol. The Labute approximate surface area is 98.9 Å². The van der Waals surface area contributed by atoms with Gasteiger partial charge in [0.2, 0.25) is 0 Å². The van der Waals surface area contributed by atoms with Gasteiger partial charge in [0.25, 0.3) is 0 Å². The van der Waals surface area contributed by atoms with Crippen molar-refractivity contribution in [3.63, 3.8) is 0 Å². The molecule has 0 saturated carbocycles. The Bertz CT molecular complexity index is 181. The first-order valence-electron chi connectivity index (χ1n) is 5.44. The van der Waals surface area contributed by atoms with Crippen LogP contribution in [0.2, 0.25) is 0 Å². The second-order valence-electron chi connectivity index (χ2n) is 3.29. The zero-order valence-electron chi connectivity index (χ0n) is 9.66. The van der Waals surface area contributed by atoms with Crippen molar-refractivity contribution in [3.8, 4) is 12.4 Å². The third-order valence-corrected chi connectivity index (χ3v) is 2.39. The van der Waals surface area contributed by atoms with Crippen molar-refractivity contribution in [1.29, 1.82) is 10.5 Å². The number of thiol groups is 1. The predicted octanol–water partition coefficient (Wildman–Crippen LogP) is 3.20. The minimum atomic E-state index is 0.663. The molecule has 1 unspecified atom stereocenters. The minimum absolute atomic E-state index is 0.663. The van der Waals surface area contributed by atoms with E-state index in [0.717, 1.165) is 0 Å². The van der Waals surface area contributed by atoms with E-state index in [1.807, 2.05) is 0 Å². The van der Waals surface area contributed by atoms with Gasteiger partial charge in [-0.3, -0.25) is 0 Å². The first kappa shape index (κ1) is 16.6. The number of rotatable bonds is 6. The lowest BCUT2D eigenvalue weighted by Crippen LogP contribution is -1.96. The summed E-state index contributed by atoms with van der Waals surface area (Å²) < 4.78 is 0. The lowest BCUT2D eigenvalue weighted by atomic mass is 10.1. The van der Waals surface area contributed by atoms with E-state index < -0.39 is 0 Å². The largest absolute Gasteiger partial charge is 0.229 e. The summed E-state index contributed by atoms with van der Waals surface area (Å²) >= 11 is 4.48. The Balaban J connectivity index is 0. The quantitative estimate of drug-likeness (QED) is 0.317. The van der Waals surface area contributed by atoms with Crippen molar-refractivity contribution in [1.82, 2.24) is 5.32 Å². The molecule has 0 aromatic carbocycles. The van der Waals surface area contributed by atoms with E-state index in [1.165, 1.54) is 50.9 Å². The van der Waals surface area contributed by atoms with Crippen LogP contribution in [0.25, 0.3) is 0 Å². The highest BCUT2D eigenvalue weighted by Gasteiger charge is 1.99. The summed E-state index contributed by atoms with van der Waals surface area (Å²) in [4.78, 5) is 0. The van der Waals surface area contributed by atoms with Crippen molar-refractivity contribution < 1.29 is 0 Å². The van der Waals surface area contributed by atoms with Gasteiger partial charge in [0.15, 0.2) is 12.4 Å². The minimum Gasteiger partial charge on any atom is -0.229 e. The van der Waals surface area contributed by atoms with Gasteiger partial charge in [-0.2, -0.15) is 23.2 Å². The molecule has 1 atom stereocenters. The van der Waals surface area contributed by atoms with Crippen LogP contribution in [0.1, 0.15) is 52.4 Å². The van der Waals surface area contributed by atoms with Gasteiger partial charge < -0.3 is 0 Å². The highest BCUT2D eigenvalue weighted by atomic mass is 32.1. The summed E-state index contributed by atoms with van der Waals surface area (Å²) in [7, 11) is 0. The molecule has 0 radical (unpaired) electrons. The molecular weight excluding hydrogens is 206 g/mol. The first-order chi connectivity index (χ1) is 7.22. The average molecular weight is 227 g/mol. The van der Waals surface area contributed by atoms with Crippen LogP contribution in [0, 0.1) is 22.9 Å². The van der Waals surface area contributed by atoms with Crippen molar-refractivity contribution in [3.05, 3.63) is 0 Å². The fraction of sp³-hybridized carbons (Fsp3) is 0.818. The maximum atomic E-state index is 7.48. The van der Waals surface area contributed by atoms with Crippen LogP contribution >= 0.6 is 12.6 Å². The zero-order chi connectivity index (χ0) is 11.9. The molecule has 0 heterocycles. The molecule has 0 aliphatic heterocycles. The molecule has 15 heavy (non-hydrogen) atoms. The maximum absolute atomic E-state index is 7.48. The molecular formula is C11H21N3S. The molecule has 0 bridgehead atoms. The van der Waals surface area contributed by atoms with Gasteiger partial charge in [0, 0.05) is 5.25 Å². The summed E-state index contributed by atoms with van der Waals surface area (Å²) in [6.07, 6.45) is 10.8. The van der Waals surface area contributed by atoms with Gasteiger partial charge in [-0.25, -0.2) is 5.32 Å². The van der Waals surface area contributed by atoms with Gasteiger partial charge in [-0.05, 0) is 12.8 Å². The molecule has 4 heteroatoms. The molecule has 0 amide bonds. The number of nitrogens with one attached hydrogen (secondary N) is 1. The normalized spacial score (nSPS) is 10.2. The molecule has 86 valence electrons. The fourth-order valence-electron chi connectivity index (χ4n) is 1.13. The SMILES string of the molecule is CCCCCC(S)CCC.N#CNC#N. The summed E-state index contributed by atoms with van der Waals surface area (Å²) in [5, 5.41) is 17.4. The van der Waals surface area contributed by atoms with Crippen molar-refractivity contribution >= 4 is 12.6 Å². The summed E-state index contributed by atoms with van der Waals surface area (Å²) in [5.41, 5.74) is 0. The third-order valence-electron chi connectivity index (χ3n) is 1.87. The van der Waals surface area contributed by atoms with Gasteiger partial charge >= 0.3 is 0 Å². The van der Waals surface area contributed by atoms with E-state index >= 15 is 0 Å². The Morgan fingerprint density at radius 1 is 1.07 bits per heavy atom. The molecule has 0 spiro atoms. The molecule has 0 fully saturated rings. The van der Waals surface area contributed by atoms with E-state index in [4.69, 9.17) is 10.5 Å². The molecule has 0 aromatic heterocycles. The van der Waals surface area contributed by atoms with E-state index in [0.29, 0.717) is 5.25 Å². The second kappa shape index (κ2) is 15.6. The number of hydrogen-bond donors (Lipinski definition) is 2. The highest BCUT2D eigenvalue weighted by Crippen LogP contribution is 2.13. The third kappa shape index (κ3) is 19.5. The fourth-order valence-corrected chi connectivity index (χ4v) is 1.57. The highest BCUT2D eigenvalue weighted by molar-refractivity contribution is 7.80. The molecule has 1 N–H and O–H groups in total. The number of hydrogen-bond acceptors (Lipinski definition) is 4. The average Bonchev–Trinajstić information content (AvgIpc) is 2.21. The molecule has 0 aliphatic carbocycles. The number of nitrogens with zero attached hydrogens (tertiary/aromatic N) is 2. The number of nitriles is 2. The topological polar surface area (TPSA) is 59.6 Å². The van der Waals surface area contributed by atoms with Crippen LogP contribution in [0.15, 0.2) is 0 Å². The van der Waals surface area contributed by atoms with Crippen LogP contribution in [0.3, 0.4) is 0 Å². The van der Waals surface area contributed by atoms with Crippen LogP contribution in [0.5, 0.6) is 0 Å². The van der Waals surface area contributed by atoms with Gasteiger partial charge in [0.1, 0.15) is 0 Å². The number of unbranched alkanes of at least 4 members (excludes halogenated alkanes) is 2. The Kier molecular flexibility index (Phi) is 17.2. The maximum Gasteiger partial charge on any atom is 0.190 e. The standard InChI is InChI=1S/C9H20S.C2HN3/c1-3-5-6-8-9(10)7-4-2;3-1-5-2-4/h9-10H,3-8H2,1-2H3;5H. The Hall–Kier alpha value is -0.870. The van der Waals surface area contributed by atoms with Crippen LogP contribution in [0.4, 0.5) is 0 Å². The molecule has 0 saturated heterocycles. The van der Waals surface area contributed by atoms with E-state index in [1.54, 1.807) is 5.32 Å². The van der Waals surface area contributed by atoms with Crippen LogP contribution < -0.4 is 5.32 Å². The summed E-state index contributed by atoms with van der Waals surface area (Å²) in [6.45, 7) is 4.47. The van der Waals surface area contributed by atoms with E-state index in [2.05, 4.69) is 26.5 Å². The Morgan fingerprint density at radius 3 is 2.00 bits per heavy atom. The van der Waals surface area contributed by atoms with Crippen LogP contribution in [-0.4, -0.2) is 5.25 Å². The monoisotopic (exact) mass is 227 g/mol. The molecule has 0 aliphatic rings. The first-order valence-corrected chi connectivity index (χ1v) is 5.95. The summed E-state index contributed by atoms with van der Waals surface area (Å²) in [6, 6.07) is 0. The summed E-state index contributed by atoms with van der Waals surface area (Å²) in [5.74, 6) is 0. The van der Waals surface area contributed by atoms with Crippen molar-refractivity contribution in [2.24, 2.45) is 0 Å². The lowest BCUT2D eigenvalue weighted by molar-refractivity contribution is 0.616. The molecule has 0 aromatic rings. The zero-order valence-corrected chi connectivity index (χ0v) is 10.6. The van der Waals surface area contributed by atoms with Crippen molar-refractivity contribution in [2.75, 3.05) is 0 Å².